The maximum absolute atomic E-state index is 13.2. The van der Waals surface area contributed by atoms with Gasteiger partial charge in [-0.1, -0.05) is 42.1 Å². The van der Waals surface area contributed by atoms with Crippen molar-refractivity contribution in [1.29, 1.82) is 0 Å². The molecule has 3 aromatic rings. The largest absolute Gasteiger partial charge is 0.497 e. The second-order valence-electron chi connectivity index (χ2n) is 7.93. The van der Waals surface area contributed by atoms with E-state index in [2.05, 4.69) is 10.3 Å². The first kappa shape index (κ1) is 25.0. The first-order valence-electron chi connectivity index (χ1n) is 11.2. The number of thioether (sulfide) groups is 1. The van der Waals surface area contributed by atoms with E-state index in [1.165, 1.54) is 18.9 Å². The molecule has 1 N–H and O–H groups in total. The molecule has 1 fully saturated rings. The smallest absolute Gasteiger partial charge is 0.337 e. The molecule has 9 heteroatoms. The molecule has 0 saturated carbocycles. The summed E-state index contributed by atoms with van der Waals surface area (Å²) in [4.78, 5) is 44.2. The molecule has 0 radical (unpaired) electrons. The maximum Gasteiger partial charge on any atom is 0.337 e. The average molecular weight is 504 g/mol. The molecule has 36 heavy (non-hydrogen) atoms. The third kappa shape index (κ3) is 6.11. The lowest BCUT2D eigenvalue weighted by Gasteiger charge is -2.32. The van der Waals surface area contributed by atoms with Crippen molar-refractivity contribution in [3.05, 3.63) is 90.0 Å². The monoisotopic (exact) mass is 503 g/mol. The van der Waals surface area contributed by atoms with Crippen molar-refractivity contribution in [2.24, 2.45) is 4.99 Å². The van der Waals surface area contributed by atoms with Gasteiger partial charge in [0.15, 0.2) is 5.17 Å². The number of carbonyl (C=O) groups is 3. The number of hydrogen-bond donors (Lipinski definition) is 1. The number of nitrogens with zero attached hydrogens (tertiary/aromatic N) is 2. The lowest BCUT2D eigenvalue weighted by molar-refractivity contribution is -0.129. The average Bonchev–Trinajstić information content (AvgIpc) is 2.91. The zero-order valence-corrected chi connectivity index (χ0v) is 20.7. The fraction of sp³-hybridized carbons (Fsp3) is 0.185. The van der Waals surface area contributed by atoms with Gasteiger partial charge in [0.05, 0.1) is 32.0 Å². The number of para-hydroxylation sites is 1. The normalized spacial score (nSPS) is 16.5. The Labute approximate surface area is 213 Å². The van der Waals surface area contributed by atoms with Crippen LogP contribution in [0.15, 0.2) is 83.9 Å². The third-order valence-corrected chi connectivity index (χ3v) is 6.67. The number of rotatable bonds is 7. The minimum Gasteiger partial charge on any atom is -0.497 e. The lowest BCUT2D eigenvalue weighted by atomic mass is 10.1. The number of amides is 2. The van der Waals surface area contributed by atoms with Crippen LogP contribution < -0.4 is 10.1 Å². The predicted octanol–water partition coefficient (Wildman–Crippen LogP) is 4.64. The highest BCUT2D eigenvalue weighted by atomic mass is 32.2. The van der Waals surface area contributed by atoms with Gasteiger partial charge in [-0.3, -0.25) is 14.5 Å². The number of ether oxygens (including phenoxy) is 2. The summed E-state index contributed by atoms with van der Waals surface area (Å²) < 4.78 is 9.92. The Bertz CT molecular complexity index is 1260. The SMILES string of the molecule is COC(=O)c1ccc(NC(=O)C2CC(=O)N(Cc3ccc(OC)cc3)C(=Nc3ccccc3)S2)cc1. The third-order valence-electron chi connectivity index (χ3n) is 5.49. The molecule has 1 aliphatic heterocycles. The summed E-state index contributed by atoms with van der Waals surface area (Å²) in [7, 11) is 2.91. The quantitative estimate of drug-likeness (QED) is 0.472. The highest BCUT2D eigenvalue weighted by molar-refractivity contribution is 8.15. The van der Waals surface area contributed by atoms with Gasteiger partial charge < -0.3 is 14.8 Å². The number of nitrogens with one attached hydrogen (secondary N) is 1. The van der Waals surface area contributed by atoms with Crippen LogP contribution in [0, 0.1) is 0 Å². The number of esters is 1. The fourth-order valence-corrected chi connectivity index (χ4v) is 4.65. The van der Waals surface area contributed by atoms with Crippen molar-refractivity contribution in [3.8, 4) is 5.75 Å². The maximum atomic E-state index is 13.2. The summed E-state index contributed by atoms with van der Waals surface area (Å²) in [5.74, 6) is -0.239. The van der Waals surface area contributed by atoms with Crippen LogP contribution in [0.3, 0.4) is 0 Å². The Morgan fingerprint density at radius 2 is 1.69 bits per heavy atom. The van der Waals surface area contributed by atoms with Crippen molar-refractivity contribution >= 4 is 46.1 Å². The van der Waals surface area contributed by atoms with E-state index in [0.29, 0.717) is 28.7 Å². The standard InChI is InChI=1S/C27H25N3O5S/c1-34-22-14-8-18(9-15-22)17-30-24(31)16-23(36-27(30)29-20-6-4-3-5-7-20)25(32)28-21-12-10-19(11-13-21)26(33)35-2/h3-15,23H,16-17H2,1-2H3,(H,28,32). The molecule has 0 aliphatic carbocycles. The van der Waals surface area contributed by atoms with Crippen LogP contribution in [0.2, 0.25) is 0 Å². The molecule has 3 aromatic carbocycles. The van der Waals surface area contributed by atoms with E-state index in [-0.39, 0.29) is 18.2 Å². The van der Waals surface area contributed by atoms with Gasteiger partial charge in [-0.15, -0.1) is 0 Å². The Hall–Kier alpha value is -4.11. The second kappa shape index (κ2) is 11.5. The Morgan fingerprint density at radius 3 is 2.33 bits per heavy atom. The van der Waals surface area contributed by atoms with Gasteiger partial charge >= 0.3 is 5.97 Å². The van der Waals surface area contributed by atoms with Crippen molar-refractivity contribution in [3.63, 3.8) is 0 Å². The zero-order chi connectivity index (χ0) is 25.5. The van der Waals surface area contributed by atoms with Gasteiger partial charge in [-0.25, -0.2) is 9.79 Å². The second-order valence-corrected chi connectivity index (χ2v) is 9.10. The van der Waals surface area contributed by atoms with Crippen LogP contribution in [0.5, 0.6) is 5.75 Å². The van der Waals surface area contributed by atoms with E-state index in [9.17, 15) is 14.4 Å². The lowest BCUT2D eigenvalue weighted by Crippen LogP contribution is -2.44. The van der Waals surface area contributed by atoms with E-state index >= 15 is 0 Å². The zero-order valence-electron chi connectivity index (χ0n) is 19.8. The minimum atomic E-state index is -0.660. The summed E-state index contributed by atoms with van der Waals surface area (Å²) in [5, 5.41) is 2.62. The van der Waals surface area contributed by atoms with E-state index < -0.39 is 11.2 Å². The molecule has 0 aromatic heterocycles. The molecule has 1 aliphatic rings. The number of amidine groups is 1. The number of benzene rings is 3. The molecule has 1 atom stereocenters. The first-order chi connectivity index (χ1) is 17.5. The van der Waals surface area contributed by atoms with Gasteiger partial charge in [-0.05, 0) is 54.1 Å². The fourth-order valence-electron chi connectivity index (χ4n) is 3.55. The number of methoxy groups -OCH3 is 2. The molecular formula is C27H25N3O5S. The number of anilines is 1. The van der Waals surface area contributed by atoms with Gasteiger partial charge in [0.2, 0.25) is 11.8 Å². The number of aliphatic imine (C=N–C) groups is 1. The van der Waals surface area contributed by atoms with Gasteiger partial charge in [0, 0.05) is 12.1 Å². The van der Waals surface area contributed by atoms with E-state index in [1.807, 2.05) is 54.6 Å². The molecule has 1 saturated heterocycles. The van der Waals surface area contributed by atoms with Crippen LogP contribution in [0.4, 0.5) is 11.4 Å². The number of hydrogen-bond acceptors (Lipinski definition) is 7. The summed E-state index contributed by atoms with van der Waals surface area (Å²) in [6.45, 7) is 0.324. The molecular weight excluding hydrogens is 478 g/mol. The number of carbonyl (C=O) groups excluding carboxylic acids is 3. The van der Waals surface area contributed by atoms with Crippen molar-refractivity contribution < 1.29 is 23.9 Å². The Morgan fingerprint density at radius 1 is 1.00 bits per heavy atom. The Balaban J connectivity index is 1.53. The molecule has 8 nitrogen and oxygen atoms in total. The van der Waals surface area contributed by atoms with Gasteiger partial charge in [-0.2, -0.15) is 0 Å². The van der Waals surface area contributed by atoms with Crippen molar-refractivity contribution in [2.75, 3.05) is 19.5 Å². The topological polar surface area (TPSA) is 97.3 Å². The highest BCUT2D eigenvalue weighted by Crippen LogP contribution is 2.31. The molecule has 184 valence electrons. The summed E-state index contributed by atoms with van der Waals surface area (Å²) in [6.07, 6.45) is 0.0285. The summed E-state index contributed by atoms with van der Waals surface area (Å²) in [6, 6.07) is 23.2. The van der Waals surface area contributed by atoms with Gasteiger partial charge in [0.25, 0.3) is 0 Å². The Kier molecular flexibility index (Phi) is 8.02. The van der Waals surface area contributed by atoms with Crippen LogP contribution in [0.25, 0.3) is 0 Å². The van der Waals surface area contributed by atoms with E-state index in [4.69, 9.17) is 9.47 Å². The summed E-state index contributed by atoms with van der Waals surface area (Å²) in [5.41, 5.74) is 2.50. The molecule has 0 spiro atoms. The molecule has 4 rings (SSSR count). The van der Waals surface area contributed by atoms with E-state index in [0.717, 1.165) is 11.3 Å². The molecule has 0 bridgehead atoms. The predicted molar refractivity (Wildman–Crippen MR) is 139 cm³/mol. The first-order valence-corrected chi connectivity index (χ1v) is 12.1. The van der Waals surface area contributed by atoms with E-state index in [1.54, 1.807) is 36.3 Å². The minimum absolute atomic E-state index is 0.0285. The van der Waals surface area contributed by atoms with Crippen LogP contribution in [-0.4, -0.2) is 47.3 Å². The van der Waals surface area contributed by atoms with Crippen molar-refractivity contribution in [1.82, 2.24) is 4.90 Å². The molecule has 1 unspecified atom stereocenters. The van der Waals surface area contributed by atoms with Crippen molar-refractivity contribution in [2.45, 2.75) is 18.2 Å². The van der Waals surface area contributed by atoms with Crippen LogP contribution in [-0.2, 0) is 20.9 Å². The van der Waals surface area contributed by atoms with Gasteiger partial charge in [0.1, 0.15) is 11.0 Å². The molecule has 2 amide bonds. The molecule has 1 heterocycles. The van der Waals surface area contributed by atoms with Crippen LogP contribution >= 0.6 is 11.8 Å². The van der Waals surface area contributed by atoms with Crippen LogP contribution in [0.1, 0.15) is 22.3 Å². The summed E-state index contributed by atoms with van der Waals surface area (Å²) >= 11 is 1.25. The highest BCUT2D eigenvalue weighted by Gasteiger charge is 2.36.